The minimum absolute atomic E-state index is 0.0217. The summed E-state index contributed by atoms with van der Waals surface area (Å²) in [6, 6.07) is 12.2. The molecule has 0 bridgehead atoms. The van der Waals surface area contributed by atoms with Crippen LogP contribution in [0.3, 0.4) is 0 Å². The summed E-state index contributed by atoms with van der Waals surface area (Å²) < 4.78 is 27.4. The lowest BCUT2D eigenvalue weighted by molar-refractivity contribution is 0.0115. The Morgan fingerprint density at radius 2 is 2.05 bits per heavy atom. The van der Waals surface area contributed by atoms with Gasteiger partial charge in [0.1, 0.15) is 0 Å². The first kappa shape index (κ1) is 13.0. The first-order chi connectivity index (χ1) is 9.03. The van der Waals surface area contributed by atoms with E-state index in [4.69, 9.17) is 0 Å². The van der Waals surface area contributed by atoms with E-state index in [1.54, 1.807) is 0 Å². The van der Waals surface area contributed by atoms with Crippen molar-refractivity contribution in [2.45, 2.75) is 18.9 Å². The first-order valence-corrected chi connectivity index (χ1v) is 7.10. The molecule has 1 saturated heterocycles. The molecule has 0 saturated carbocycles. The van der Waals surface area contributed by atoms with Gasteiger partial charge in [0, 0.05) is 24.0 Å². The predicted molar refractivity (Wildman–Crippen MR) is 76.5 cm³/mol. The van der Waals surface area contributed by atoms with Crippen LogP contribution in [0.2, 0.25) is 0 Å². The van der Waals surface area contributed by atoms with Gasteiger partial charge in [-0.1, -0.05) is 40.2 Å². The molecule has 0 aromatic heterocycles. The van der Waals surface area contributed by atoms with E-state index in [0.717, 1.165) is 20.8 Å². The molecule has 1 aliphatic heterocycles. The molecular weight excluding hydrogens is 312 g/mol. The van der Waals surface area contributed by atoms with Gasteiger partial charge in [0.2, 0.25) is 0 Å². The van der Waals surface area contributed by atoms with Gasteiger partial charge in [-0.05, 0) is 28.5 Å². The summed E-state index contributed by atoms with van der Waals surface area (Å²) in [6.07, 6.45) is -0.0217. The summed E-state index contributed by atoms with van der Waals surface area (Å²) in [7, 11) is 0. The quantitative estimate of drug-likeness (QED) is 0.788. The van der Waals surface area contributed by atoms with E-state index in [-0.39, 0.29) is 13.0 Å². The summed E-state index contributed by atoms with van der Waals surface area (Å²) >= 11 is 3.51. The van der Waals surface area contributed by atoms with Crippen LogP contribution in [0.1, 0.15) is 12.0 Å². The first-order valence-electron chi connectivity index (χ1n) is 6.31. The maximum Gasteiger partial charge on any atom is 0.261 e. The second kappa shape index (κ2) is 4.84. The molecule has 0 amide bonds. The smallest absolute Gasteiger partial charge is 0.261 e. The zero-order valence-electron chi connectivity index (χ0n) is 10.4. The van der Waals surface area contributed by atoms with Crippen LogP contribution in [0.15, 0.2) is 40.9 Å². The van der Waals surface area contributed by atoms with Gasteiger partial charge in [0.25, 0.3) is 5.92 Å². The zero-order valence-corrected chi connectivity index (χ0v) is 12.0. The molecule has 0 aliphatic carbocycles. The Morgan fingerprint density at radius 1 is 1.21 bits per heavy atom. The summed E-state index contributed by atoms with van der Waals surface area (Å²) in [5.74, 6) is -2.51. The highest BCUT2D eigenvalue weighted by Gasteiger charge is 2.37. The molecule has 1 fully saturated rings. The van der Waals surface area contributed by atoms with Crippen molar-refractivity contribution in [2.24, 2.45) is 0 Å². The van der Waals surface area contributed by atoms with Crippen LogP contribution in [-0.4, -0.2) is 23.9 Å². The monoisotopic (exact) mass is 325 g/mol. The van der Waals surface area contributed by atoms with E-state index >= 15 is 0 Å². The highest BCUT2D eigenvalue weighted by molar-refractivity contribution is 9.10. The normalized spacial score (nSPS) is 19.1. The number of hydrogen-bond acceptors (Lipinski definition) is 1. The highest BCUT2D eigenvalue weighted by atomic mass is 79.9. The van der Waals surface area contributed by atoms with E-state index in [1.807, 2.05) is 35.2 Å². The Bertz CT molecular complexity index is 612. The molecule has 19 heavy (non-hydrogen) atoms. The summed E-state index contributed by atoms with van der Waals surface area (Å²) in [4.78, 5) is 1.82. The van der Waals surface area contributed by atoms with E-state index < -0.39 is 5.92 Å². The van der Waals surface area contributed by atoms with E-state index in [1.165, 1.54) is 0 Å². The van der Waals surface area contributed by atoms with Gasteiger partial charge in [0.05, 0.1) is 6.54 Å². The zero-order chi connectivity index (χ0) is 13.5. The molecule has 3 rings (SSSR count). The van der Waals surface area contributed by atoms with Crippen LogP contribution < -0.4 is 0 Å². The lowest BCUT2D eigenvalue weighted by Gasteiger charge is -2.16. The molecule has 0 spiro atoms. The number of halogens is 3. The molecule has 1 aliphatic rings. The average molecular weight is 326 g/mol. The third kappa shape index (κ3) is 2.79. The maximum atomic E-state index is 13.2. The molecule has 1 nitrogen and oxygen atoms in total. The van der Waals surface area contributed by atoms with Gasteiger partial charge in [-0.15, -0.1) is 0 Å². The van der Waals surface area contributed by atoms with Crippen LogP contribution in [0, 0.1) is 0 Å². The summed E-state index contributed by atoms with van der Waals surface area (Å²) in [5, 5.41) is 2.29. The van der Waals surface area contributed by atoms with Gasteiger partial charge < -0.3 is 0 Å². The van der Waals surface area contributed by atoms with Crippen molar-refractivity contribution in [1.82, 2.24) is 4.90 Å². The van der Waals surface area contributed by atoms with E-state index in [9.17, 15) is 8.78 Å². The molecule has 0 N–H and O–H groups in total. The second-order valence-corrected chi connectivity index (χ2v) is 5.97. The highest BCUT2D eigenvalue weighted by Crippen LogP contribution is 2.29. The SMILES string of the molecule is FC1(F)CCN(Cc2ccc3c(Br)cccc3c2)C1. The number of hydrogen-bond donors (Lipinski definition) is 0. The summed E-state index contributed by atoms with van der Waals surface area (Å²) in [6.45, 7) is 0.949. The molecule has 0 unspecified atom stereocenters. The molecule has 2 aromatic rings. The minimum Gasteiger partial charge on any atom is -0.293 e. The molecule has 1 heterocycles. The molecule has 100 valence electrons. The molecule has 4 heteroatoms. The van der Waals surface area contributed by atoms with Gasteiger partial charge in [-0.3, -0.25) is 4.90 Å². The molecule has 0 radical (unpaired) electrons. The van der Waals surface area contributed by atoms with Crippen LogP contribution >= 0.6 is 15.9 Å². The topological polar surface area (TPSA) is 3.24 Å². The second-order valence-electron chi connectivity index (χ2n) is 5.11. The van der Waals surface area contributed by atoms with Crippen LogP contribution in [0.4, 0.5) is 8.78 Å². The van der Waals surface area contributed by atoms with Gasteiger partial charge in [-0.2, -0.15) is 0 Å². The fraction of sp³-hybridized carbons (Fsp3) is 0.333. The Hall–Kier alpha value is -1.00. The number of benzene rings is 2. The fourth-order valence-corrected chi connectivity index (χ4v) is 3.11. The Balaban J connectivity index is 1.83. The van der Waals surface area contributed by atoms with Gasteiger partial charge in [-0.25, -0.2) is 8.78 Å². The fourth-order valence-electron chi connectivity index (χ4n) is 2.59. The van der Waals surface area contributed by atoms with Crippen LogP contribution in [-0.2, 0) is 6.54 Å². The minimum atomic E-state index is -2.51. The summed E-state index contributed by atoms with van der Waals surface area (Å²) in [5.41, 5.74) is 1.09. The number of rotatable bonds is 2. The number of nitrogens with zero attached hydrogens (tertiary/aromatic N) is 1. The maximum absolute atomic E-state index is 13.2. The lowest BCUT2D eigenvalue weighted by atomic mass is 10.1. The average Bonchev–Trinajstić information content (AvgIpc) is 2.69. The van der Waals surface area contributed by atoms with Crippen molar-refractivity contribution in [3.63, 3.8) is 0 Å². The predicted octanol–water partition coefficient (Wildman–Crippen LogP) is 4.44. The molecular formula is C15H14BrF2N. The standard InChI is InChI=1S/C15H14BrF2N/c16-14-3-1-2-12-8-11(4-5-13(12)14)9-19-7-6-15(17,18)10-19/h1-5,8H,6-7,9-10H2. The lowest BCUT2D eigenvalue weighted by Crippen LogP contribution is -2.24. The van der Waals surface area contributed by atoms with Crippen LogP contribution in [0.5, 0.6) is 0 Å². The van der Waals surface area contributed by atoms with E-state index in [0.29, 0.717) is 13.1 Å². The number of likely N-dealkylation sites (tertiary alicyclic amines) is 1. The molecule has 2 aromatic carbocycles. The van der Waals surface area contributed by atoms with E-state index in [2.05, 4.69) is 22.0 Å². The van der Waals surface area contributed by atoms with Crippen molar-refractivity contribution >= 4 is 26.7 Å². The third-order valence-electron chi connectivity index (χ3n) is 3.55. The Labute approximate surface area is 119 Å². The Kier molecular flexibility index (Phi) is 3.31. The van der Waals surface area contributed by atoms with Crippen LogP contribution in [0.25, 0.3) is 10.8 Å². The number of fused-ring (bicyclic) bond motifs is 1. The molecule has 0 atom stereocenters. The largest absolute Gasteiger partial charge is 0.293 e. The van der Waals surface area contributed by atoms with Gasteiger partial charge >= 0.3 is 0 Å². The van der Waals surface area contributed by atoms with Crippen molar-refractivity contribution in [3.05, 3.63) is 46.4 Å². The third-order valence-corrected chi connectivity index (χ3v) is 4.24. The Morgan fingerprint density at radius 3 is 2.79 bits per heavy atom. The van der Waals surface area contributed by atoms with Crippen molar-refractivity contribution in [3.8, 4) is 0 Å². The van der Waals surface area contributed by atoms with Crippen molar-refractivity contribution in [2.75, 3.05) is 13.1 Å². The number of alkyl halides is 2. The van der Waals surface area contributed by atoms with Gasteiger partial charge in [0.15, 0.2) is 0 Å². The van der Waals surface area contributed by atoms with Crippen molar-refractivity contribution in [1.29, 1.82) is 0 Å². The van der Waals surface area contributed by atoms with Crippen molar-refractivity contribution < 1.29 is 8.78 Å².